The first kappa shape index (κ1) is 13.5. The van der Waals surface area contributed by atoms with E-state index in [1.54, 1.807) is 11.6 Å². The molecule has 0 aliphatic carbocycles. The Morgan fingerprint density at radius 2 is 2.20 bits per heavy atom. The van der Waals surface area contributed by atoms with Gasteiger partial charge in [-0.3, -0.25) is 4.40 Å². The summed E-state index contributed by atoms with van der Waals surface area (Å²) in [5.41, 5.74) is 2.33. The van der Waals surface area contributed by atoms with Crippen LogP contribution in [0.4, 0.5) is 5.82 Å². The maximum absolute atomic E-state index is 12.4. The Bertz CT molecular complexity index is 818. The Labute approximate surface area is 123 Å². The molecule has 4 N–H and O–H groups in total. The van der Waals surface area contributed by atoms with E-state index in [1.807, 2.05) is 17.5 Å². The number of hydrogen-bond donors (Lipinski definition) is 3. The van der Waals surface area contributed by atoms with Gasteiger partial charge in [-0.05, 0) is 11.4 Å². The van der Waals surface area contributed by atoms with E-state index in [-0.39, 0.29) is 17.4 Å². The molecule has 0 spiro atoms. The maximum Gasteiger partial charge on any atom is 0.260 e. The summed E-state index contributed by atoms with van der Waals surface area (Å²) in [7, 11) is -3.71. The Morgan fingerprint density at radius 1 is 1.35 bits per heavy atom. The first-order chi connectivity index (χ1) is 9.62. The lowest BCUT2D eigenvalue weighted by atomic mass is 10.5. The normalized spacial score (nSPS) is 12.1. The summed E-state index contributed by atoms with van der Waals surface area (Å²) in [6.07, 6.45) is 1.65. The van der Waals surface area contributed by atoms with Crippen LogP contribution in [0.1, 0.15) is 4.88 Å². The van der Waals surface area contributed by atoms with Crippen molar-refractivity contribution in [3.8, 4) is 0 Å². The van der Waals surface area contributed by atoms with Gasteiger partial charge in [-0.25, -0.2) is 19.0 Å². The van der Waals surface area contributed by atoms with Crippen molar-refractivity contribution in [2.75, 3.05) is 5.43 Å². The third-order valence-corrected chi connectivity index (χ3v) is 5.68. The van der Waals surface area contributed by atoms with Crippen LogP contribution >= 0.6 is 22.7 Å². The van der Waals surface area contributed by atoms with Gasteiger partial charge in [-0.15, -0.1) is 22.7 Å². The highest BCUT2D eigenvalue weighted by atomic mass is 32.2. The molecule has 0 atom stereocenters. The highest BCUT2D eigenvalue weighted by Gasteiger charge is 2.25. The second kappa shape index (κ2) is 5.14. The van der Waals surface area contributed by atoms with Crippen LogP contribution in [0.25, 0.3) is 4.96 Å². The summed E-state index contributed by atoms with van der Waals surface area (Å²) in [6.45, 7) is 0.237. The molecule has 0 fully saturated rings. The van der Waals surface area contributed by atoms with Crippen LogP contribution in [0.5, 0.6) is 0 Å². The maximum atomic E-state index is 12.4. The Morgan fingerprint density at radius 3 is 2.90 bits per heavy atom. The number of rotatable bonds is 5. The van der Waals surface area contributed by atoms with Gasteiger partial charge >= 0.3 is 0 Å². The summed E-state index contributed by atoms with van der Waals surface area (Å²) >= 11 is 2.82. The molecule has 10 heteroatoms. The molecule has 0 saturated carbocycles. The largest absolute Gasteiger partial charge is 0.306 e. The van der Waals surface area contributed by atoms with E-state index in [1.165, 1.54) is 27.1 Å². The number of nitrogen functional groups attached to an aromatic ring is 1. The zero-order valence-electron chi connectivity index (χ0n) is 10.1. The molecule has 0 unspecified atom stereocenters. The molecule has 0 aliphatic rings. The van der Waals surface area contributed by atoms with E-state index in [2.05, 4.69) is 15.1 Å². The molecule has 3 rings (SSSR count). The third-order valence-electron chi connectivity index (χ3n) is 2.63. The van der Waals surface area contributed by atoms with Gasteiger partial charge in [0.1, 0.15) is 0 Å². The summed E-state index contributed by atoms with van der Waals surface area (Å²) in [4.78, 5) is 5.63. The number of imidazole rings is 1. The minimum Gasteiger partial charge on any atom is -0.306 e. The van der Waals surface area contributed by atoms with Crippen molar-refractivity contribution >= 4 is 43.5 Å². The molecule has 0 bridgehead atoms. The highest BCUT2D eigenvalue weighted by molar-refractivity contribution is 7.89. The van der Waals surface area contributed by atoms with E-state index in [4.69, 9.17) is 5.84 Å². The van der Waals surface area contributed by atoms with E-state index in [0.29, 0.717) is 4.96 Å². The fourth-order valence-electron chi connectivity index (χ4n) is 1.76. The quantitative estimate of drug-likeness (QED) is 0.482. The molecular formula is C10H11N5O2S3. The minimum atomic E-state index is -3.71. The Hall–Kier alpha value is -1.46. The predicted molar refractivity (Wildman–Crippen MR) is 79.2 cm³/mol. The molecule has 0 aliphatic heterocycles. The second-order valence-electron chi connectivity index (χ2n) is 3.87. The lowest BCUT2D eigenvalue weighted by molar-refractivity contribution is 0.577. The van der Waals surface area contributed by atoms with Crippen molar-refractivity contribution in [3.05, 3.63) is 34.0 Å². The zero-order chi connectivity index (χ0) is 14.2. The highest BCUT2D eigenvalue weighted by Crippen LogP contribution is 2.25. The van der Waals surface area contributed by atoms with Gasteiger partial charge in [0, 0.05) is 23.0 Å². The lowest BCUT2D eigenvalue weighted by Crippen LogP contribution is -2.25. The monoisotopic (exact) mass is 329 g/mol. The van der Waals surface area contributed by atoms with Crippen LogP contribution in [-0.4, -0.2) is 17.8 Å². The number of anilines is 1. The van der Waals surface area contributed by atoms with E-state index < -0.39 is 10.0 Å². The molecule has 106 valence electrons. The van der Waals surface area contributed by atoms with Crippen molar-refractivity contribution in [2.24, 2.45) is 5.84 Å². The number of thiazole rings is 1. The average molecular weight is 329 g/mol. The first-order valence-electron chi connectivity index (χ1n) is 5.56. The van der Waals surface area contributed by atoms with Crippen LogP contribution in [0.3, 0.4) is 0 Å². The fraction of sp³-hybridized carbons (Fsp3) is 0.100. The van der Waals surface area contributed by atoms with E-state index in [0.717, 1.165) is 4.88 Å². The summed E-state index contributed by atoms with van der Waals surface area (Å²) in [5, 5.41) is 3.68. The molecule has 0 radical (unpaired) electrons. The smallest absolute Gasteiger partial charge is 0.260 e. The predicted octanol–water partition coefficient (Wildman–Crippen LogP) is 1.22. The van der Waals surface area contributed by atoms with Gasteiger partial charge in [0.25, 0.3) is 10.0 Å². The van der Waals surface area contributed by atoms with E-state index >= 15 is 0 Å². The minimum absolute atomic E-state index is 0.0211. The molecule has 3 aromatic rings. The molecule has 0 amide bonds. The number of nitrogens with two attached hydrogens (primary N) is 1. The SMILES string of the molecule is NNc1nc2sccn2c1S(=O)(=O)NCc1cccs1. The standard InChI is InChI=1S/C10H11N5O2S3/c11-14-8-9(15-3-5-19-10(15)13-8)20(16,17)12-6-7-2-1-4-18-7/h1-5,12,14H,6,11H2. The summed E-state index contributed by atoms with van der Waals surface area (Å²) in [6, 6.07) is 3.74. The van der Waals surface area contributed by atoms with Gasteiger partial charge < -0.3 is 5.43 Å². The molecule has 7 nitrogen and oxygen atoms in total. The van der Waals surface area contributed by atoms with Crippen molar-refractivity contribution in [1.82, 2.24) is 14.1 Å². The molecular weight excluding hydrogens is 318 g/mol. The van der Waals surface area contributed by atoms with E-state index in [9.17, 15) is 8.42 Å². The van der Waals surface area contributed by atoms with Gasteiger partial charge in [0.05, 0.1) is 0 Å². The number of fused-ring (bicyclic) bond motifs is 1. The van der Waals surface area contributed by atoms with Crippen LogP contribution in [0.15, 0.2) is 34.1 Å². The van der Waals surface area contributed by atoms with Crippen molar-refractivity contribution in [3.63, 3.8) is 0 Å². The molecule has 0 saturated heterocycles. The Kier molecular flexibility index (Phi) is 3.48. The van der Waals surface area contributed by atoms with Crippen LogP contribution in [0, 0.1) is 0 Å². The van der Waals surface area contributed by atoms with Gasteiger partial charge in [0.15, 0.2) is 10.8 Å². The van der Waals surface area contributed by atoms with Crippen molar-refractivity contribution < 1.29 is 8.42 Å². The summed E-state index contributed by atoms with van der Waals surface area (Å²) in [5.74, 6) is 5.48. The summed E-state index contributed by atoms with van der Waals surface area (Å²) < 4.78 is 28.9. The lowest BCUT2D eigenvalue weighted by Gasteiger charge is -2.06. The third kappa shape index (κ3) is 2.31. The topological polar surface area (TPSA) is 102 Å². The number of nitrogens with zero attached hydrogens (tertiary/aromatic N) is 2. The first-order valence-corrected chi connectivity index (χ1v) is 8.80. The van der Waals surface area contributed by atoms with Gasteiger partial charge in [0.2, 0.25) is 5.03 Å². The number of hydrogen-bond acceptors (Lipinski definition) is 7. The van der Waals surface area contributed by atoms with Gasteiger partial charge in [-0.2, -0.15) is 4.98 Å². The fourth-order valence-corrected chi connectivity index (χ4v) is 4.52. The number of nitrogens with one attached hydrogen (secondary N) is 2. The number of sulfonamides is 1. The van der Waals surface area contributed by atoms with Crippen molar-refractivity contribution in [2.45, 2.75) is 11.6 Å². The number of thiophene rings is 1. The van der Waals surface area contributed by atoms with Crippen LogP contribution < -0.4 is 16.0 Å². The number of hydrazine groups is 1. The Balaban J connectivity index is 1.97. The molecule has 0 aromatic carbocycles. The van der Waals surface area contributed by atoms with Crippen molar-refractivity contribution in [1.29, 1.82) is 0 Å². The number of aromatic nitrogens is 2. The molecule has 3 heterocycles. The molecule has 20 heavy (non-hydrogen) atoms. The second-order valence-corrected chi connectivity index (χ2v) is 7.46. The van der Waals surface area contributed by atoms with Crippen LogP contribution in [0.2, 0.25) is 0 Å². The van der Waals surface area contributed by atoms with Crippen LogP contribution in [-0.2, 0) is 16.6 Å². The average Bonchev–Trinajstić information content (AvgIpc) is 3.11. The molecule has 3 aromatic heterocycles. The zero-order valence-corrected chi connectivity index (χ0v) is 12.6. The van der Waals surface area contributed by atoms with Gasteiger partial charge in [-0.1, -0.05) is 6.07 Å².